The van der Waals surface area contributed by atoms with Gasteiger partial charge in [0.1, 0.15) is 0 Å². The number of fused-ring (bicyclic) bond motifs is 1. The molecule has 1 heterocycles. The Balaban J connectivity index is 1.82. The number of hydrogen-bond acceptors (Lipinski definition) is 4. The molecule has 0 aromatic heterocycles. The van der Waals surface area contributed by atoms with Crippen LogP contribution in [-0.2, 0) is 14.3 Å². The fourth-order valence-electron chi connectivity index (χ4n) is 3.27. The number of rotatable bonds is 5. The van der Waals surface area contributed by atoms with Crippen molar-refractivity contribution in [1.82, 2.24) is 4.90 Å². The third-order valence-electron chi connectivity index (χ3n) is 4.54. The highest BCUT2D eigenvalue weighted by Gasteiger charge is 2.28. The van der Waals surface area contributed by atoms with Gasteiger partial charge >= 0.3 is 5.97 Å². The Morgan fingerprint density at radius 2 is 1.79 bits per heavy atom. The number of carbonyl (C=O) groups excluding carboxylic acids is 3. The highest BCUT2D eigenvalue weighted by molar-refractivity contribution is 6.01. The van der Waals surface area contributed by atoms with Gasteiger partial charge in [0.05, 0.1) is 30.3 Å². The van der Waals surface area contributed by atoms with E-state index in [2.05, 4.69) is 5.32 Å². The summed E-state index contributed by atoms with van der Waals surface area (Å²) in [7, 11) is 0. The second-order valence-corrected chi connectivity index (χ2v) is 6.41. The van der Waals surface area contributed by atoms with Crippen LogP contribution in [0.5, 0.6) is 0 Å². The average molecular weight is 378 g/mol. The molecule has 2 aromatic rings. The number of amides is 2. The monoisotopic (exact) mass is 378 g/mol. The molecule has 0 saturated heterocycles. The Kier molecular flexibility index (Phi) is 5.89. The number of nitrogens with zero attached hydrogens (tertiary/aromatic N) is 1. The van der Waals surface area contributed by atoms with Crippen LogP contribution in [0.4, 0.5) is 5.69 Å². The summed E-state index contributed by atoms with van der Waals surface area (Å²) in [5.41, 5.74) is 2.57. The van der Waals surface area contributed by atoms with Crippen molar-refractivity contribution in [2.75, 3.05) is 11.9 Å². The maximum atomic E-state index is 12.8. The van der Waals surface area contributed by atoms with Gasteiger partial charge in [0.25, 0.3) is 0 Å². The lowest BCUT2D eigenvalue weighted by atomic mass is 9.93. The fraction of sp³-hybridized carbons (Fsp3) is 0.227. The zero-order chi connectivity index (χ0) is 20.1. The molecule has 0 fully saturated rings. The topological polar surface area (TPSA) is 75.7 Å². The molecule has 3 rings (SSSR count). The number of para-hydroxylation sites is 1. The third-order valence-corrected chi connectivity index (χ3v) is 4.54. The summed E-state index contributed by atoms with van der Waals surface area (Å²) in [6.45, 7) is 3.45. The first-order valence-corrected chi connectivity index (χ1v) is 9.13. The molecule has 1 N–H and O–H groups in total. The Morgan fingerprint density at radius 1 is 1.07 bits per heavy atom. The number of hydrogen-bond donors (Lipinski definition) is 1. The van der Waals surface area contributed by atoms with Crippen LogP contribution in [0.15, 0.2) is 54.7 Å². The van der Waals surface area contributed by atoms with E-state index in [1.54, 1.807) is 42.3 Å². The Morgan fingerprint density at radius 3 is 2.54 bits per heavy atom. The molecule has 0 radical (unpaired) electrons. The maximum absolute atomic E-state index is 12.8. The first-order valence-electron chi connectivity index (χ1n) is 9.13. The van der Waals surface area contributed by atoms with Crippen molar-refractivity contribution in [2.24, 2.45) is 0 Å². The van der Waals surface area contributed by atoms with Crippen molar-refractivity contribution in [1.29, 1.82) is 0 Å². The summed E-state index contributed by atoms with van der Waals surface area (Å²) in [4.78, 5) is 38.5. The summed E-state index contributed by atoms with van der Waals surface area (Å²) in [5, 5.41) is 2.79. The molecule has 1 atom stereocenters. The predicted octanol–water partition coefficient (Wildman–Crippen LogP) is 3.77. The van der Waals surface area contributed by atoms with Gasteiger partial charge in [0.2, 0.25) is 11.8 Å². The van der Waals surface area contributed by atoms with E-state index < -0.39 is 12.0 Å². The molecular weight excluding hydrogens is 356 g/mol. The normalized spacial score (nSPS) is 14.9. The summed E-state index contributed by atoms with van der Waals surface area (Å²) in [6, 6.07) is 14.0. The summed E-state index contributed by atoms with van der Waals surface area (Å²) < 4.78 is 5.04. The molecule has 2 amide bonds. The highest BCUT2D eigenvalue weighted by atomic mass is 16.5. The van der Waals surface area contributed by atoms with Gasteiger partial charge in [-0.2, -0.15) is 0 Å². The molecule has 1 aliphatic rings. The van der Waals surface area contributed by atoms with Gasteiger partial charge in [-0.1, -0.05) is 36.4 Å². The van der Waals surface area contributed by atoms with Crippen molar-refractivity contribution >= 4 is 29.5 Å². The first-order chi connectivity index (χ1) is 13.5. The van der Waals surface area contributed by atoms with Gasteiger partial charge in [-0.05, 0) is 36.3 Å². The second-order valence-electron chi connectivity index (χ2n) is 6.41. The van der Waals surface area contributed by atoms with Gasteiger partial charge in [-0.25, -0.2) is 4.79 Å². The van der Waals surface area contributed by atoms with Crippen LogP contribution in [0.25, 0.3) is 6.08 Å². The summed E-state index contributed by atoms with van der Waals surface area (Å²) in [5.74, 6) is -0.928. The minimum absolute atomic E-state index is 0.0676. The Bertz CT molecular complexity index is 936. The maximum Gasteiger partial charge on any atom is 0.340 e. The lowest BCUT2D eigenvalue weighted by Gasteiger charge is -2.32. The average Bonchev–Trinajstić information content (AvgIpc) is 2.68. The minimum atomic E-state index is -0.491. The quantitative estimate of drug-likeness (QED) is 0.804. The third kappa shape index (κ3) is 4.11. The molecule has 0 bridgehead atoms. The van der Waals surface area contributed by atoms with Crippen molar-refractivity contribution in [3.63, 3.8) is 0 Å². The van der Waals surface area contributed by atoms with Gasteiger partial charge in [-0.15, -0.1) is 0 Å². The number of ether oxygens (including phenoxy) is 1. The van der Waals surface area contributed by atoms with Crippen LogP contribution < -0.4 is 5.32 Å². The molecule has 144 valence electrons. The molecular formula is C22H22N2O4. The minimum Gasteiger partial charge on any atom is -0.462 e. The van der Waals surface area contributed by atoms with Crippen LogP contribution in [0.1, 0.15) is 47.8 Å². The number of carbonyl (C=O) groups is 3. The van der Waals surface area contributed by atoms with E-state index in [4.69, 9.17) is 4.74 Å². The van der Waals surface area contributed by atoms with Crippen molar-refractivity contribution in [3.8, 4) is 0 Å². The molecule has 0 aliphatic carbocycles. The van der Waals surface area contributed by atoms with E-state index in [9.17, 15) is 14.4 Å². The zero-order valence-electron chi connectivity index (χ0n) is 15.8. The Labute approximate surface area is 163 Å². The van der Waals surface area contributed by atoms with Crippen LogP contribution in [0.3, 0.4) is 0 Å². The van der Waals surface area contributed by atoms with E-state index in [0.29, 0.717) is 11.3 Å². The largest absolute Gasteiger partial charge is 0.462 e. The molecule has 0 saturated carbocycles. The lowest BCUT2D eigenvalue weighted by Crippen LogP contribution is -2.33. The summed E-state index contributed by atoms with van der Waals surface area (Å²) >= 11 is 0. The first kappa shape index (κ1) is 19.4. The molecule has 6 heteroatoms. The molecule has 28 heavy (non-hydrogen) atoms. The lowest BCUT2D eigenvalue weighted by molar-refractivity contribution is -0.129. The number of nitrogens with one attached hydrogen (secondary N) is 1. The van der Waals surface area contributed by atoms with Crippen LogP contribution in [0.2, 0.25) is 0 Å². The van der Waals surface area contributed by atoms with Gasteiger partial charge in [0, 0.05) is 13.1 Å². The van der Waals surface area contributed by atoms with Gasteiger partial charge in [-0.3, -0.25) is 9.59 Å². The fourth-order valence-corrected chi connectivity index (χ4v) is 3.27. The zero-order valence-corrected chi connectivity index (χ0v) is 15.8. The predicted molar refractivity (Wildman–Crippen MR) is 106 cm³/mol. The van der Waals surface area contributed by atoms with Crippen LogP contribution in [-0.4, -0.2) is 29.3 Å². The van der Waals surface area contributed by atoms with Crippen molar-refractivity contribution in [3.05, 3.63) is 71.4 Å². The summed E-state index contributed by atoms with van der Waals surface area (Å²) in [6.07, 6.45) is 3.63. The molecule has 6 nitrogen and oxygen atoms in total. The van der Waals surface area contributed by atoms with E-state index in [1.807, 2.05) is 30.3 Å². The molecule has 2 aromatic carbocycles. The molecule has 1 aliphatic heterocycles. The van der Waals surface area contributed by atoms with Crippen LogP contribution >= 0.6 is 0 Å². The van der Waals surface area contributed by atoms with Crippen molar-refractivity contribution < 1.29 is 19.1 Å². The van der Waals surface area contributed by atoms with E-state index in [-0.39, 0.29) is 24.8 Å². The molecule has 0 spiro atoms. The van der Waals surface area contributed by atoms with Crippen LogP contribution in [0, 0.1) is 0 Å². The van der Waals surface area contributed by atoms with Gasteiger partial charge in [0.15, 0.2) is 0 Å². The SMILES string of the molecule is CCOC(=O)c1ccccc1NC(=O)CC1c2ccccc2C=CN1C(C)=O. The standard InChI is InChI=1S/C22H22N2O4/c1-3-28-22(27)18-10-6-7-11-19(18)23-21(26)14-20-17-9-5-4-8-16(17)12-13-24(20)15(2)25/h4-13,20H,3,14H2,1-2H3,(H,23,26). The van der Waals surface area contributed by atoms with Crippen molar-refractivity contribution in [2.45, 2.75) is 26.3 Å². The van der Waals surface area contributed by atoms with E-state index in [0.717, 1.165) is 11.1 Å². The number of benzene rings is 2. The number of anilines is 1. The van der Waals surface area contributed by atoms with Gasteiger partial charge < -0.3 is 15.0 Å². The number of esters is 1. The Hall–Kier alpha value is -3.41. The highest BCUT2D eigenvalue weighted by Crippen LogP contribution is 2.33. The van der Waals surface area contributed by atoms with E-state index in [1.165, 1.54) is 6.92 Å². The van der Waals surface area contributed by atoms with E-state index >= 15 is 0 Å². The smallest absolute Gasteiger partial charge is 0.340 e. The second kappa shape index (κ2) is 8.52. The molecule has 1 unspecified atom stereocenters.